The number of benzene rings is 2. The summed E-state index contributed by atoms with van der Waals surface area (Å²) >= 11 is 6.05. The van der Waals surface area contributed by atoms with Crippen LogP contribution in [0.3, 0.4) is 0 Å². The van der Waals surface area contributed by atoms with E-state index < -0.39 is 29.1 Å². The molecule has 2 aromatic carbocycles. The van der Waals surface area contributed by atoms with Crippen LogP contribution in [0, 0.1) is 11.6 Å². The van der Waals surface area contributed by atoms with Crippen LogP contribution in [0.2, 0.25) is 5.02 Å². The van der Waals surface area contributed by atoms with Crippen molar-refractivity contribution in [2.24, 2.45) is 0 Å². The number of carbonyl (C=O) groups excluding carboxylic acids is 2. The van der Waals surface area contributed by atoms with Gasteiger partial charge in [0.25, 0.3) is 5.91 Å². The summed E-state index contributed by atoms with van der Waals surface area (Å²) in [6.07, 6.45) is 0. The van der Waals surface area contributed by atoms with Gasteiger partial charge in [0.1, 0.15) is 17.2 Å². The molecule has 3 rings (SSSR count). The fraction of sp³-hybridized carbons (Fsp3) is 0.176. The van der Waals surface area contributed by atoms with Gasteiger partial charge in [-0.3, -0.25) is 9.69 Å². The van der Waals surface area contributed by atoms with Gasteiger partial charge in [-0.25, -0.2) is 13.6 Å². The van der Waals surface area contributed by atoms with E-state index >= 15 is 0 Å². The lowest BCUT2D eigenvalue weighted by molar-refractivity contribution is -0.131. The van der Waals surface area contributed by atoms with Crippen molar-refractivity contribution < 1.29 is 18.4 Å². The highest BCUT2D eigenvalue weighted by molar-refractivity contribution is 6.31. The molecule has 0 spiro atoms. The van der Waals surface area contributed by atoms with Gasteiger partial charge in [0.2, 0.25) is 0 Å². The van der Waals surface area contributed by atoms with Crippen molar-refractivity contribution in [1.82, 2.24) is 10.2 Å². The molecule has 4 nitrogen and oxygen atoms in total. The van der Waals surface area contributed by atoms with Crippen molar-refractivity contribution >= 4 is 23.5 Å². The maximum absolute atomic E-state index is 14.1. The predicted octanol–water partition coefficient (Wildman–Crippen LogP) is 3.59. The number of hydrogen-bond donors (Lipinski definition) is 1. The number of nitrogens with one attached hydrogen (secondary N) is 1. The summed E-state index contributed by atoms with van der Waals surface area (Å²) in [5.41, 5.74) is -1.32. The predicted molar refractivity (Wildman–Crippen MR) is 84.2 cm³/mol. The zero-order valence-electron chi connectivity index (χ0n) is 12.6. The highest BCUT2D eigenvalue weighted by Gasteiger charge is 2.50. The minimum absolute atomic E-state index is 0.0587. The van der Waals surface area contributed by atoms with Crippen LogP contribution >= 0.6 is 11.6 Å². The number of nitrogens with zero attached hydrogens (tertiary/aromatic N) is 1. The standard InChI is InChI=1S/C17H13ClF2N2O2/c1-17(12-8-11(19)6-7-14(12)20)15(23)22(16(24)21-17)9-10-4-2-3-5-13(10)18/h2-8H,9H2,1H3,(H,21,24). The minimum Gasteiger partial charge on any atom is -0.319 e. The Morgan fingerprint density at radius 1 is 1.17 bits per heavy atom. The Morgan fingerprint density at radius 2 is 1.88 bits per heavy atom. The second-order valence-electron chi connectivity index (χ2n) is 5.66. The normalized spacial score (nSPS) is 20.4. The molecule has 1 aliphatic heterocycles. The van der Waals surface area contributed by atoms with Gasteiger partial charge in [0.15, 0.2) is 0 Å². The van der Waals surface area contributed by atoms with Crippen molar-refractivity contribution in [3.8, 4) is 0 Å². The topological polar surface area (TPSA) is 49.4 Å². The van der Waals surface area contributed by atoms with E-state index in [1.807, 2.05) is 0 Å². The van der Waals surface area contributed by atoms with Gasteiger partial charge in [-0.2, -0.15) is 0 Å². The van der Waals surface area contributed by atoms with Crippen LogP contribution in [0.15, 0.2) is 42.5 Å². The van der Waals surface area contributed by atoms with E-state index in [0.29, 0.717) is 10.6 Å². The zero-order chi connectivity index (χ0) is 17.5. The quantitative estimate of drug-likeness (QED) is 0.860. The van der Waals surface area contributed by atoms with Crippen LogP contribution in [0.25, 0.3) is 0 Å². The fourth-order valence-corrected chi connectivity index (χ4v) is 2.90. The molecule has 1 unspecified atom stereocenters. The summed E-state index contributed by atoms with van der Waals surface area (Å²) in [6.45, 7) is 1.29. The highest BCUT2D eigenvalue weighted by atomic mass is 35.5. The smallest absolute Gasteiger partial charge is 0.319 e. The molecule has 0 bridgehead atoms. The largest absolute Gasteiger partial charge is 0.325 e. The Balaban J connectivity index is 1.96. The first-order valence-corrected chi connectivity index (χ1v) is 7.54. The summed E-state index contributed by atoms with van der Waals surface area (Å²) in [7, 11) is 0. The summed E-state index contributed by atoms with van der Waals surface area (Å²) in [6, 6.07) is 8.87. The van der Waals surface area contributed by atoms with Crippen molar-refractivity contribution in [2.75, 3.05) is 0 Å². The van der Waals surface area contributed by atoms with Crippen molar-refractivity contribution in [3.63, 3.8) is 0 Å². The molecule has 0 radical (unpaired) electrons. The summed E-state index contributed by atoms with van der Waals surface area (Å²) < 4.78 is 27.5. The lowest BCUT2D eigenvalue weighted by atomic mass is 9.91. The van der Waals surface area contributed by atoms with Gasteiger partial charge in [0, 0.05) is 10.6 Å². The van der Waals surface area contributed by atoms with Gasteiger partial charge in [-0.15, -0.1) is 0 Å². The second kappa shape index (κ2) is 5.87. The van der Waals surface area contributed by atoms with E-state index in [2.05, 4.69) is 5.32 Å². The molecule has 0 aliphatic carbocycles. The van der Waals surface area contributed by atoms with E-state index in [0.717, 1.165) is 23.1 Å². The monoisotopic (exact) mass is 350 g/mol. The molecule has 7 heteroatoms. The molecule has 0 aromatic heterocycles. The Morgan fingerprint density at radius 3 is 2.58 bits per heavy atom. The molecular weight excluding hydrogens is 338 g/mol. The molecule has 1 atom stereocenters. The van der Waals surface area contributed by atoms with Crippen LogP contribution in [0.4, 0.5) is 13.6 Å². The number of amides is 3. The molecule has 2 aromatic rings. The average molecular weight is 351 g/mol. The molecule has 1 aliphatic rings. The third-order valence-electron chi connectivity index (χ3n) is 4.03. The molecular formula is C17H13ClF2N2O2. The SMILES string of the molecule is CC1(c2cc(F)ccc2F)NC(=O)N(Cc2ccccc2Cl)C1=O. The molecule has 3 amide bonds. The average Bonchev–Trinajstić information content (AvgIpc) is 2.76. The summed E-state index contributed by atoms with van der Waals surface area (Å²) in [4.78, 5) is 25.9. The maximum atomic E-state index is 14.1. The molecule has 1 saturated heterocycles. The minimum atomic E-state index is -1.68. The first-order chi connectivity index (χ1) is 11.3. The number of rotatable bonds is 3. The van der Waals surface area contributed by atoms with E-state index in [-0.39, 0.29) is 12.1 Å². The highest BCUT2D eigenvalue weighted by Crippen LogP contribution is 2.32. The Kier molecular flexibility index (Phi) is 4.01. The molecule has 124 valence electrons. The van der Waals surface area contributed by atoms with Crippen LogP contribution < -0.4 is 5.32 Å². The number of carbonyl (C=O) groups is 2. The van der Waals surface area contributed by atoms with Gasteiger partial charge in [-0.1, -0.05) is 29.8 Å². The van der Waals surface area contributed by atoms with E-state index in [1.54, 1.807) is 24.3 Å². The second-order valence-corrected chi connectivity index (χ2v) is 6.07. The molecule has 24 heavy (non-hydrogen) atoms. The van der Waals surface area contributed by atoms with E-state index in [4.69, 9.17) is 11.6 Å². The third-order valence-corrected chi connectivity index (χ3v) is 4.40. The van der Waals surface area contributed by atoms with Crippen LogP contribution in [-0.2, 0) is 16.9 Å². The molecule has 1 fully saturated rings. The Hall–Kier alpha value is -2.47. The van der Waals surface area contributed by atoms with Crippen molar-refractivity contribution in [2.45, 2.75) is 19.0 Å². The number of halogens is 3. The number of hydrogen-bond acceptors (Lipinski definition) is 2. The van der Waals surface area contributed by atoms with Gasteiger partial charge >= 0.3 is 6.03 Å². The molecule has 1 N–H and O–H groups in total. The Bertz CT molecular complexity index is 843. The lowest BCUT2D eigenvalue weighted by Gasteiger charge is -2.23. The van der Waals surface area contributed by atoms with E-state index in [1.165, 1.54) is 6.92 Å². The summed E-state index contributed by atoms with van der Waals surface area (Å²) in [5.74, 6) is -2.14. The van der Waals surface area contributed by atoms with Gasteiger partial charge in [-0.05, 0) is 36.8 Å². The zero-order valence-corrected chi connectivity index (χ0v) is 13.4. The van der Waals surface area contributed by atoms with E-state index in [9.17, 15) is 18.4 Å². The lowest BCUT2D eigenvalue weighted by Crippen LogP contribution is -2.41. The van der Waals surface area contributed by atoms with Crippen LogP contribution in [0.1, 0.15) is 18.1 Å². The van der Waals surface area contributed by atoms with Gasteiger partial charge < -0.3 is 5.32 Å². The van der Waals surface area contributed by atoms with Gasteiger partial charge in [0.05, 0.1) is 6.54 Å². The third kappa shape index (κ3) is 2.63. The summed E-state index contributed by atoms with van der Waals surface area (Å²) in [5, 5.41) is 2.85. The van der Waals surface area contributed by atoms with Crippen LogP contribution in [-0.4, -0.2) is 16.8 Å². The molecule has 1 heterocycles. The maximum Gasteiger partial charge on any atom is 0.325 e. The van der Waals surface area contributed by atoms with Crippen LogP contribution in [0.5, 0.6) is 0 Å². The first kappa shape index (κ1) is 16.4. The van der Waals surface area contributed by atoms with Crippen molar-refractivity contribution in [1.29, 1.82) is 0 Å². The van der Waals surface area contributed by atoms with Crippen molar-refractivity contribution in [3.05, 3.63) is 70.2 Å². The first-order valence-electron chi connectivity index (χ1n) is 7.16. The number of imide groups is 1. The Labute approximate surface area is 142 Å². The fourth-order valence-electron chi connectivity index (χ4n) is 2.70. The number of urea groups is 1. The molecule has 0 saturated carbocycles.